The lowest BCUT2D eigenvalue weighted by atomic mass is 10.4. The van der Waals surface area contributed by atoms with Gasteiger partial charge >= 0.3 is 12.1 Å². The molecule has 1 rings (SSSR count). The molecule has 20 heavy (non-hydrogen) atoms. The largest absolute Gasteiger partial charge is 0.481 e. The molecular weight excluding hydrogens is 299 g/mol. The van der Waals surface area contributed by atoms with Gasteiger partial charge in [-0.1, -0.05) is 18.7 Å². The molecule has 0 aliphatic rings. The minimum Gasteiger partial charge on any atom is -0.481 e. The van der Waals surface area contributed by atoms with Gasteiger partial charge in [-0.3, -0.25) is 4.79 Å². The Kier molecular flexibility index (Phi) is 6.27. The van der Waals surface area contributed by atoms with Gasteiger partial charge in [0.05, 0.1) is 5.75 Å². The highest BCUT2D eigenvalue weighted by atomic mass is 32.2. The third-order valence-electron chi connectivity index (χ3n) is 2.06. The van der Waals surface area contributed by atoms with Gasteiger partial charge in [-0.25, -0.2) is 0 Å². The number of alkyl halides is 3. The average Bonchev–Trinajstić information content (AvgIpc) is 2.69. The van der Waals surface area contributed by atoms with Crippen LogP contribution >= 0.6 is 11.8 Å². The van der Waals surface area contributed by atoms with E-state index in [1.165, 1.54) is 0 Å². The molecule has 1 heterocycles. The quantitative estimate of drug-likeness (QED) is 0.739. The van der Waals surface area contributed by atoms with E-state index in [2.05, 4.69) is 14.9 Å². The van der Waals surface area contributed by atoms with E-state index in [-0.39, 0.29) is 18.2 Å². The number of aromatic nitrogens is 3. The molecule has 0 aromatic carbocycles. The third-order valence-corrected chi connectivity index (χ3v) is 3.01. The highest BCUT2D eigenvalue weighted by molar-refractivity contribution is 7.99. The lowest BCUT2D eigenvalue weighted by Gasteiger charge is -2.10. The second-order valence-electron chi connectivity index (χ2n) is 3.84. The number of carboxylic acids is 1. The van der Waals surface area contributed by atoms with E-state index in [1.54, 1.807) is 4.57 Å². The predicted octanol–water partition coefficient (Wildman–Crippen LogP) is 1.94. The van der Waals surface area contributed by atoms with Gasteiger partial charge in [0.15, 0.2) is 11.0 Å². The third kappa shape index (κ3) is 5.78. The molecule has 114 valence electrons. The number of carbonyl (C=O) groups is 1. The van der Waals surface area contributed by atoms with Crippen molar-refractivity contribution in [3.63, 3.8) is 0 Å². The molecule has 6 nitrogen and oxygen atoms in total. The highest BCUT2D eigenvalue weighted by Gasteiger charge is 2.27. The molecule has 0 radical (unpaired) electrons. The molecule has 1 aromatic rings. The van der Waals surface area contributed by atoms with Crippen molar-refractivity contribution in [1.29, 1.82) is 0 Å². The van der Waals surface area contributed by atoms with Gasteiger partial charge in [0, 0.05) is 6.54 Å². The molecule has 0 aliphatic carbocycles. The van der Waals surface area contributed by atoms with Gasteiger partial charge in [0.1, 0.15) is 13.2 Å². The molecule has 0 saturated carbocycles. The fraction of sp³-hybridized carbons (Fsp3) is 0.700. The molecule has 0 spiro atoms. The van der Waals surface area contributed by atoms with Crippen LogP contribution in [-0.2, 0) is 22.7 Å². The van der Waals surface area contributed by atoms with Crippen LogP contribution in [0.5, 0.6) is 0 Å². The van der Waals surface area contributed by atoms with Crippen molar-refractivity contribution >= 4 is 17.7 Å². The summed E-state index contributed by atoms with van der Waals surface area (Å²) in [7, 11) is 0. The van der Waals surface area contributed by atoms with Gasteiger partial charge in [-0.05, 0) is 6.42 Å². The van der Waals surface area contributed by atoms with Crippen LogP contribution in [0.2, 0.25) is 0 Å². The van der Waals surface area contributed by atoms with Crippen LogP contribution in [0, 0.1) is 0 Å². The zero-order valence-corrected chi connectivity index (χ0v) is 11.5. The molecule has 1 N–H and O–H groups in total. The van der Waals surface area contributed by atoms with Gasteiger partial charge in [0.2, 0.25) is 0 Å². The second kappa shape index (κ2) is 7.48. The van der Waals surface area contributed by atoms with Crippen molar-refractivity contribution < 1.29 is 27.8 Å². The highest BCUT2D eigenvalue weighted by Crippen LogP contribution is 2.19. The Labute approximate surface area is 117 Å². The van der Waals surface area contributed by atoms with E-state index in [0.717, 1.165) is 11.8 Å². The molecule has 0 aliphatic heterocycles. The molecule has 10 heteroatoms. The standard InChI is InChI=1S/C10H14F3N3O3S/c1-2-3-16-7(4-19-6-10(11,12)13)14-15-9(16)20-5-8(17)18/h2-6H2,1H3,(H,17,18). The summed E-state index contributed by atoms with van der Waals surface area (Å²) in [5, 5.41) is 16.5. The number of carboxylic acid groups (broad SMARTS) is 1. The maximum atomic E-state index is 12.0. The number of hydrogen-bond acceptors (Lipinski definition) is 5. The van der Waals surface area contributed by atoms with E-state index in [4.69, 9.17) is 5.11 Å². The summed E-state index contributed by atoms with van der Waals surface area (Å²) >= 11 is 0.967. The zero-order chi connectivity index (χ0) is 15.2. The number of nitrogens with zero attached hydrogens (tertiary/aromatic N) is 3. The number of halogens is 3. The number of rotatable bonds is 8. The lowest BCUT2D eigenvalue weighted by Crippen LogP contribution is -2.18. The van der Waals surface area contributed by atoms with Gasteiger partial charge in [0.25, 0.3) is 0 Å². The van der Waals surface area contributed by atoms with E-state index in [0.29, 0.717) is 18.1 Å². The van der Waals surface area contributed by atoms with E-state index in [9.17, 15) is 18.0 Å². The van der Waals surface area contributed by atoms with Crippen molar-refractivity contribution in [2.24, 2.45) is 0 Å². The van der Waals surface area contributed by atoms with Crippen LogP contribution in [0.25, 0.3) is 0 Å². The number of thioether (sulfide) groups is 1. The van der Waals surface area contributed by atoms with E-state index < -0.39 is 18.8 Å². The normalized spacial score (nSPS) is 11.8. The molecule has 0 amide bonds. The Morgan fingerprint density at radius 3 is 2.70 bits per heavy atom. The molecule has 1 aromatic heterocycles. The maximum Gasteiger partial charge on any atom is 0.411 e. The summed E-state index contributed by atoms with van der Waals surface area (Å²) in [5.74, 6) is -0.939. The molecule has 0 unspecified atom stereocenters. The van der Waals surface area contributed by atoms with Crippen LogP contribution in [-0.4, -0.2) is 44.4 Å². The number of ether oxygens (including phenoxy) is 1. The topological polar surface area (TPSA) is 77.2 Å². The minimum atomic E-state index is -4.39. The summed E-state index contributed by atoms with van der Waals surface area (Å²) in [6.07, 6.45) is -3.68. The molecule has 0 saturated heterocycles. The van der Waals surface area contributed by atoms with Crippen LogP contribution in [0.1, 0.15) is 19.2 Å². The summed E-state index contributed by atoms with van der Waals surface area (Å²) in [6, 6.07) is 0. The Bertz CT molecular complexity index is 451. The summed E-state index contributed by atoms with van der Waals surface area (Å²) in [6.45, 7) is 0.690. The average molecular weight is 313 g/mol. The van der Waals surface area contributed by atoms with Crippen LogP contribution in [0.4, 0.5) is 13.2 Å². The smallest absolute Gasteiger partial charge is 0.411 e. The van der Waals surface area contributed by atoms with Crippen LogP contribution in [0.15, 0.2) is 5.16 Å². The summed E-state index contributed by atoms with van der Waals surface area (Å²) in [4.78, 5) is 10.5. The first-order valence-corrected chi connectivity index (χ1v) is 6.73. The van der Waals surface area contributed by atoms with Crippen LogP contribution in [0.3, 0.4) is 0 Å². The molecule has 0 bridgehead atoms. The number of aliphatic carboxylic acids is 1. The molecule has 0 atom stereocenters. The van der Waals surface area contributed by atoms with Gasteiger partial charge < -0.3 is 14.4 Å². The first-order chi connectivity index (χ1) is 9.33. The van der Waals surface area contributed by atoms with Crippen molar-refractivity contribution in [2.45, 2.75) is 37.8 Å². The fourth-order valence-electron chi connectivity index (χ4n) is 1.37. The Hall–Kier alpha value is -1.29. The van der Waals surface area contributed by atoms with Gasteiger partial charge in [-0.15, -0.1) is 10.2 Å². The Morgan fingerprint density at radius 2 is 2.15 bits per heavy atom. The first kappa shape index (κ1) is 16.8. The monoisotopic (exact) mass is 313 g/mol. The molecule has 0 fully saturated rings. The minimum absolute atomic E-state index is 0.189. The van der Waals surface area contributed by atoms with Crippen molar-refractivity contribution in [2.75, 3.05) is 12.4 Å². The van der Waals surface area contributed by atoms with E-state index >= 15 is 0 Å². The molecular formula is C10H14F3N3O3S. The second-order valence-corrected chi connectivity index (χ2v) is 4.78. The summed E-state index contributed by atoms with van der Waals surface area (Å²) in [5.41, 5.74) is 0. The van der Waals surface area contributed by atoms with Crippen molar-refractivity contribution in [3.05, 3.63) is 5.82 Å². The SMILES string of the molecule is CCCn1c(COCC(F)(F)F)nnc1SCC(=O)O. The zero-order valence-electron chi connectivity index (χ0n) is 10.7. The summed E-state index contributed by atoms with van der Waals surface area (Å²) < 4.78 is 42.1. The predicted molar refractivity (Wildman–Crippen MR) is 64.4 cm³/mol. The maximum absolute atomic E-state index is 12.0. The van der Waals surface area contributed by atoms with Gasteiger partial charge in [-0.2, -0.15) is 13.2 Å². The van der Waals surface area contributed by atoms with E-state index in [1.807, 2.05) is 6.92 Å². The fourth-order valence-corrected chi connectivity index (χ4v) is 2.07. The van der Waals surface area contributed by atoms with Crippen molar-refractivity contribution in [1.82, 2.24) is 14.8 Å². The lowest BCUT2D eigenvalue weighted by molar-refractivity contribution is -0.177. The Morgan fingerprint density at radius 1 is 1.45 bits per heavy atom. The first-order valence-electron chi connectivity index (χ1n) is 5.74. The van der Waals surface area contributed by atoms with Crippen LogP contribution < -0.4 is 0 Å². The Balaban J connectivity index is 2.67. The van der Waals surface area contributed by atoms with Crippen molar-refractivity contribution in [3.8, 4) is 0 Å². The number of hydrogen-bond donors (Lipinski definition) is 1.